The maximum absolute atomic E-state index is 14.0. The molecule has 0 bridgehead atoms. The van der Waals surface area contributed by atoms with E-state index in [4.69, 9.17) is 18.9 Å². The number of hydrogen-bond donors (Lipinski definition) is 0. The summed E-state index contributed by atoms with van der Waals surface area (Å²) < 4.78 is 23.2. The molecule has 1 aliphatic rings. The molecule has 1 aliphatic heterocycles. The molecular weight excluding hydrogens is 522 g/mol. The number of rotatable bonds is 8. The first-order valence-corrected chi connectivity index (χ1v) is 12.6. The van der Waals surface area contributed by atoms with Crippen molar-refractivity contribution < 1.29 is 23.7 Å². The van der Waals surface area contributed by atoms with Crippen molar-refractivity contribution in [2.75, 3.05) is 42.0 Å². The van der Waals surface area contributed by atoms with E-state index in [0.717, 1.165) is 34.1 Å². The Kier molecular flexibility index (Phi) is 8.21. The molecule has 0 radical (unpaired) electrons. The molecule has 3 aromatic rings. The zero-order chi connectivity index (χ0) is 25.8. The molecule has 0 aliphatic carbocycles. The highest BCUT2D eigenvalue weighted by Gasteiger charge is 2.37. The van der Waals surface area contributed by atoms with Gasteiger partial charge in [0.05, 0.1) is 34.5 Å². The molecule has 6 nitrogen and oxygen atoms in total. The molecule has 0 aromatic heterocycles. The van der Waals surface area contributed by atoms with E-state index in [-0.39, 0.29) is 17.7 Å². The van der Waals surface area contributed by atoms with E-state index in [2.05, 4.69) is 26.9 Å². The molecular formula is C29H32BrNO5. The highest BCUT2D eigenvalue weighted by atomic mass is 79.9. The van der Waals surface area contributed by atoms with Gasteiger partial charge in [0.1, 0.15) is 0 Å². The van der Waals surface area contributed by atoms with Gasteiger partial charge in [0.25, 0.3) is 0 Å². The second-order valence-corrected chi connectivity index (χ2v) is 9.87. The van der Waals surface area contributed by atoms with E-state index < -0.39 is 0 Å². The Labute approximate surface area is 221 Å². The predicted octanol–water partition coefficient (Wildman–Crippen LogP) is 5.55. The Hall–Kier alpha value is -3.03. The second kappa shape index (κ2) is 11.4. The third-order valence-electron chi connectivity index (χ3n) is 6.94. The fourth-order valence-electron chi connectivity index (χ4n) is 5.06. The number of likely N-dealkylation sites (N-methyl/N-ethyl adjacent to an activating group) is 1. The van der Waals surface area contributed by atoms with Crippen molar-refractivity contribution >= 4 is 21.7 Å². The molecule has 7 heteroatoms. The third kappa shape index (κ3) is 5.22. The average molecular weight is 554 g/mol. The first-order chi connectivity index (χ1) is 17.4. The van der Waals surface area contributed by atoms with Gasteiger partial charge in [-0.3, -0.25) is 9.69 Å². The van der Waals surface area contributed by atoms with Gasteiger partial charge < -0.3 is 18.9 Å². The molecule has 0 N–H and O–H groups in total. The van der Waals surface area contributed by atoms with Gasteiger partial charge in [0, 0.05) is 22.5 Å². The molecule has 0 saturated carbocycles. The first kappa shape index (κ1) is 26.0. The number of methoxy groups -OCH3 is 4. The smallest absolute Gasteiger partial charge is 0.180 e. The number of fused-ring (bicyclic) bond motifs is 1. The van der Waals surface area contributed by atoms with E-state index in [1.54, 1.807) is 28.4 Å². The number of halogens is 1. The SMILES string of the molecule is COc1ccc(CC2c3cc(OC)c(OC)cc3CCN(C)C2C(=O)c2ccc(Br)cc2)cc1OC. The maximum Gasteiger partial charge on any atom is 0.180 e. The number of ether oxygens (including phenoxy) is 4. The minimum atomic E-state index is -0.362. The van der Waals surface area contributed by atoms with Crippen molar-refractivity contribution in [3.63, 3.8) is 0 Å². The highest BCUT2D eigenvalue weighted by molar-refractivity contribution is 9.10. The summed E-state index contributed by atoms with van der Waals surface area (Å²) in [6.45, 7) is 0.748. The lowest BCUT2D eigenvalue weighted by atomic mass is 9.80. The lowest BCUT2D eigenvalue weighted by molar-refractivity contribution is 0.0824. The van der Waals surface area contributed by atoms with Gasteiger partial charge in [-0.2, -0.15) is 0 Å². The van der Waals surface area contributed by atoms with Gasteiger partial charge in [-0.15, -0.1) is 0 Å². The standard InChI is InChI=1S/C29H32BrNO5/c1-31-13-12-20-16-26(35-4)27(36-5)17-22(20)23(14-18-6-11-24(33-2)25(15-18)34-3)28(31)29(32)19-7-9-21(30)10-8-19/h6-11,15-17,23,28H,12-14H2,1-5H3. The van der Waals surface area contributed by atoms with Crippen LogP contribution in [-0.2, 0) is 12.8 Å². The van der Waals surface area contributed by atoms with Crippen LogP contribution in [0.25, 0.3) is 0 Å². The topological polar surface area (TPSA) is 57.2 Å². The quantitative estimate of drug-likeness (QED) is 0.341. The van der Waals surface area contributed by atoms with Crippen molar-refractivity contribution in [3.05, 3.63) is 81.3 Å². The van der Waals surface area contributed by atoms with Crippen LogP contribution in [0.15, 0.2) is 59.1 Å². The fourth-order valence-corrected chi connectivity index (χ4v) is 5.33. The summed E-state index contributed by atoms with van der Waals surface area (Å²) >= 11 is 3.48. The number of Topliss-reactive ketones (excluding diaryl/α,β-unsaturated/α-hetero) is 1. The Morgan fingerprint density at radius 3 is 2.11 bits per heavy atom. The minimum absolute atomic E-state index is 0.0955. The summed E-state index contributed by atoms with van der Waals surface area (Å²) in [6.07, 6.45) is 1.44. The van der Waals surface area contributed by atoms with Crippen molar-refractivity contribution in [1.29, 1.82) is 0 Å². The molecule has 4 rings (SSSR count). The Morgan fingerprint density at radius 2 is 1.47 bits per heavy atom. The van der Waals surface area contributed by atoms with E-state index >= 15 is 0 Å². The second-order valence-electron chi connectivity index (χ2n) is 8.95. The van der Waals surface area contributed by atoms with Crippen LogP contribution in [0.5, 0.6) is 23.0 Å². The summed E-state index contributed by atoms with van der Waals surface area (Å²) in [5.74, 6) is 2.67. The number of nitrogens with zero attached hydrogens (tertiary/aromatic N) is 1. The summed E-state index contributed by atoms with van der Waals surface area (Å²) in [4.78, 5) is 16.2. The van der Waals surface area contributed by atoms with Gasteiger partial charge in [-0.25, -0.2) is 0 Å². The highest BCUT2D eigenvalue weighted by Crippen LogP contribution is 2.41. The van der Waals surface area contributed by atoms with Crippen LogP contribution in [-0.4, -0.2) is 58.8 Å². The van der Waals surface area contributed by atoms with Gasteiger partial charge in [-0.05, 0) is 73.0 Å². The van der Waals surface area contributed by atoms with Crippen molar-refractivity contribution in [3.8, 4) is 23.0 Å². The van der Waals surface area contributed by atoms with Crippen LogP contribution in [0.1, 0.15) is 33.0 Å². The summed E-state index contributed by atoms with van der Waals surface area (Å²) in [7, 11) is 8.58. The average Bonchev–Trinajstić information content (AvgIpc) is 3.03. The molecule has 2 atom stereocenters. The minimum Gasteiger partial charge on any atom is -0.493 e. The van der Waals surface area contributed by atoms with E-state index in [9.17, 15) is 4.79 Å². The Bertz CT molecular complexity index is 1230. The monoisotopic (exact) mass is 553 g/mol. The maximum atomic E-state index is 14.0. The fraction of sp³-hybridized carbons (Fsp3) is 0.345. The van der Waals surface area contributed by atoms with Crippen LogP contribution in [0.2, 0.25) is 0 Å². The van der Waals surface area contributed by atoms with E-state index in [0.29, 0.717) is 35.0 Å². The molecule has 190 valence electrons. The van der Waals surface area contributed by atoms with Crippen molar-refractivity contribution in [1.82, 2.24) is 4.90 Å². The Morgan fingerprint density at radius 1 is 0.861 bits per heavy atom. The van der Waals surface area contributed by atoms with E-state index in [1.165, 1.54) is 0 Å². The number of benzene rings is 3. The molecule has 0 fully saturated rings. The zero-order valence-corrected chi connectivity index (χ0v) is 22.9. The molecule has 0 amide bonds. The summed E-state index contributed by atoms with van der Waals surface area (Å²) in [6, 6.07) is 17.3. The van der Waals surface area contributed by atoms with Crippen LogP contribution in [0.3, 0.4) is 0 Å². The molecule has 36 heavy (non-hydrogen) atoms. The van der Waals surface area contributed by atoms with Crippen LogP contribution in [0.4, 0.5) is 0 Å². The summed E-state index contributed by atoms with van der Waals surface area (Å²) in [5.41, 5.74) is 4.01. The van der Waals surface area contributed by atoms with E-state index in [1.807, 2.05) is 55.6 Å². The third-order valence-corrected chi connectivity index (χ3v) is 7.46. The molecule has 0 spiro atoms. The van der Waals surface area contributed by atoms with Crippen LogP contribution < -0.4 is 18.9 Å². The number of hydrogen-bond acceptors (Lipinski definition) is 6. The lowest BCUT2D eigenvalue weighted by Crippen LogP contribution is -2.43. The summed E-state index contributed by atoms with van der Waals surface area (Å²) in [5, 5.41) is 0. The molecule has 0 saturated heterocycles. The van der Waals surface area contributed by atoms with Gasteiger partial charge in [-0.1, -0.05) is 34.1 Å². The van der Waals surface area contributed by atoms with Gasteiger partial charge >= 0.3 is 0 Å². The van der Waals surface area contributed by atoms with Gasteiger partial charge in [0.2, 0.25) is 0 Å². The molecule has 3 aromatic carbocycles. The predicted molar refractivity (Wildman–Crippen MR) is 144 cm³/mol. The van der Waals surface area contributed by atoms with Gasteiger partial charge in [0.15, 0.2) is 28.8 Å². The largest absolute Gasteiger partial charge is 0.493 e. The molecule has 1 heterocycles. The normalized spacial score (nSPS) is 17.6. The Balaban J connectivity index is 1.85. The van der Waals surface area contributed by atoms with Crippen molar-refractivity contribution in [2.45, 2.75) is 24.8 Å². The zero-order valence-electron chi connectivity index (χ0n) is 21.3. The number of ketones is 1. The lowest BCUT2D eigenvalue weighted by Gasteiger charge is -2.32. The first-order valence-electron chi connectivity index (χ1n) is 11.9. The number of carbonyl (C=O) groups is 1. The van der Waals surface area contributed by atoms with Crippen molar-refractivity contribution in [2.24, 2.45) is 0 Å². The number of carbonyl (C=O) groups excluding carboxylic acids is 1. The van der Waals surface area contributed by atoms with Crippen LogP contribution in [0, 0.1) is 0 Å². The van der Waals surface area contributed by atoms with Crippen LogP contribution >= 0.6 is 15.9 Å². The molecule has 2 unspecified atom stereocenters.